The molecule has 0 saturated carbocycles. The molecule has 1 aliphatic heterocycles. The number of aromatic nitrogens is 1. The molecule has 1 saturated heterocycles. The average molecular weight is 423 g/mol. The van der Waals surface area contributed by atoms with Crippen molar-refractivity contribution < 1.29 is 19.1 Å². The summed E-state index contributed by atoms with van der Waals surface area (Å²) in [6, 6.07) is 11.7. The summed E-state index contributed by atoms with van der Waals surface area (Å²) in [4.78, 5) is 40.1. The fraction of sp³-hybridized carbons (Fsp3) is 0.261. The molecule has 0 aliphatic carbocycles. The third-order valence-corrected chi connectivity index (χ3v) is 5.65. The zero-order valence-electron chi connectivity index (χ0n) is 17.0. The van der Waals surface area contributed by atoms with Crippen molar-refractivity contribution in [3.8, 4) is 0 Å². The number of fused-ring (bicyclic) bond motifs is 1. The molecule has 0 spiro atoms. The Bertz CT molecular complexity index is 1210. The van der Waals surface area contributed by atoms with Crippen LogP contribution in [0.3, 0.4) is 0 Å². The van der Waals surface area contributed by atoms with Gasteiger partial charge in [-0.25, -0.2) is 9.18 Å². The van der Waals surface area contributed by atoms with Crippen molar-refractivity contribution >= 4 is 28.5 Å². The summed E-state index contributed by atoms with van der Waals surface area (Å²) in [6.07, 6.45) is 1.30. The summed E-state index contributed by atoms with van der Waals surface area (Å²) < 4.78 is 16.6. The van der Waals surface area contributed by atoms with Gasteiger partial charge in [-0.1, -0.05) is 18.2 Å². The molecule has 1 aliphatic rings. The highest BCUT2D eigenvalue weighted by Crippen LogP contribution is 2.26. The minimum atomic E-state index is -1.34. The van der Waals surface area contributed by atoms with Crippen molar-refractivity contribution in [2.75, 3.05) is 31.1 Å². The van der Waals surface area contributed by atoms with E-state index in [1.165, 1.54) is 6.20 Å². The van der Waals surface area contributed by atoms with Gasteiger partial charge in [-0.15, -0.1) is 0 Å². The Balaban J connectivity index is 1.63. The average Bonchev–Trinajstić information content (AvgIpc) is 2.79. The Hall–Kier alpha value is -3.68. The van der Waals surface area contributed by atoms with Gasteiger partial charge in [0, 0.05) is 49.9 Å². The van der Waals surface area contributed by atoms with E-state index in [0.29, 0.717) is 49.5 Å². The molecule has 1 N–H and O–H groups in total. The Morgan fingerprint density at radius 1 is 1.06 bits per heavy atom. The first kappa shape index (κ1) is 20.6. The van der Waals surface area contributed by atoms with E-state index in [0.717, 1.165) is 6.07 Å². The number of amides is 1. The summed E-state index contributed by atoms with van der Waals surface area (Å²) >= 11 is 0. The van der Waals surface area contributed by atoms with E-state index in [4.69, 9.17) is 0 Å². The van der Waals surface area contributed by atoms with Crippen LogP contribution in [-0.4, -0.2) is 52.6 Å². The van der Waals surface area contributed by atoms with Gasteiger partial charge in [-0.2, -0.15) is 0 Å². The first-order valence-electron chi connectivity index (χ1n) is 10.1. The molecule has 0 unspecified atom stereocenters. The van der Waals surface area contributed by atoms with Crippen LogP contribution in [0.25, 0.3) is 10.9 Å². The molecule has 2 heterocycles. The van der Waals surface area contributed by atoms with Crippen molar-refractivity contribution in [3.05, 3.63) is 75.8 Å². The number of carboxylic acid groups (broad SMARTS) is 1. The summed E-state index contributed by atoms with van der Waals surface area (Å²) in [5.41, 5.74) is 0.361. The number of carbonyl (C=O) groups excluding carboxylic acids is 1. The number of benzene rings is 2. The Kier molecular flexibility index (Phi) is 5.46. The molecule has 160 valence electrons. The summed E-state index contributed by atoms with van der Waals surface area (Å²) in [7, 11) is 0. The van der Waals surface area contributed by atoms with Crippen LogP contribution < -0.4 is 10.3 Å². The Labute approximate surface area is 177 Å². The van der Waals surface area contributed by atoms with E-state index < -0.39 is 17.2 Å². The molecular formula is C23H22FN3O4. The quantitative estimate of drug-likeness (QED) is 0.698. The van der Waals surface area contributed by atoms with Gasteiger partial charge in [-0.3, -0.25) is 9.59 Å². The number of hydrogen-bond acceptors (Lipinski definition) is 4. The number of carbonyl (C=O) groups is 2. The predicted molar refractivity (Wildman–Crippen MR) is 115 cm³/mol. The summed E-state index contributed by atoms with van der Waals surface area (Å²) in [6.45, 7) is 4.05. The van der Waals surface area contributed by atoms with Crippen LogP contribution in [0.5, 0.6) is 0 Å². The number of rotatable bonds is 4. The van der Waals surface area contributed by atoms with Crippen LogP contribution in [-0.2, 0) is 6.54 Å². The highest BCUT2D eigenvalue weighted by Gasteiger charge is 2.25. The zero-order valence-corrected chi connectivity index (χ0v) is 17.0. The summed E-state index contributed by atoms with van der Waals surface area (Å²) in [5.74, 6) is -1.98. The number of halogens is 1. The van der Waals surface area contributed by atoms with Crippen LogP contribution in [0.1, 0.15) is 27.6 Å². The van der Waals surface area contributed by atoms with E-state index in [2.05, 4.69) is 0 Å². The second kappa shape index (κ2) is 8.22. The van der Waals surface area contributed by atoms with Crippen LogP contribution in [0.2, 0.25) is 0 Å². The number of carboxylic acids is 1. The van der Waals surface area contributed by atoms with E-state index in [-0.39, 0.29) is 16.9 Å². The van der Waals surface area contributed by atoms with Crippen molar-refractivity contribution in [1.82, 2.24) is 9.47 Å². The second-order valence-corrected chi connectivity index (χ2v) is 7.43. The van der Waals surface area contributed by atoms with Gasteiger partial charge in [0.1, 0.15) is 11.4 Å². The molecule has 31 heavy (non-hydrogen) atoms. The molecule has 1 aromatic heterocycles. The van der Waals surface area contributed by atoms with Gasteiger partial charge in [0.25, 0.3) is 5.91 Å². The minimum Gasteiger partial charge on any atom is -0.477 e. The number of nitrogens with zero attached hydrogens (tertiary/aromatic N) is 3. The predicted octanol–water partition coefficient (Wildman–Crippen LogP) is 2.82. The molecule has 0 bridgehead atoms. The van der Waals surface area contributed by atoms with Crippen LogP contribution >= 0.6 is 0 Å². The van der Waals surface area contributed by atoms with Crippen molar-refractivity contribution in [2.45, 2.75) is 13.5 Å². The molecule has 2 aromatic carbocycles. The number of anilines is 1. The van der Waals surface area contributed by atoms with Gasteiger partial charge >= 0.3 is 5.97 Å². The normalized spacial score (nSPS) is 14.1. The Morgan fingerprint density at radius 3 is 2.35 bits per heavy atom. The maximum atomic E-state index is 15.0. The monoisotopic (exact) mass is 423 g/mol. The molecule has 7 nitrogen and oxygen atoms in total. The number of aromatic carboxylic acids is 1. The fourth-order valence-electron chi connectivity index (χ4n) is 3.97. The molecule has 0 atom stereocenters. The molecule has 3 aromatic rings. The third kappa shape index (κ3) is 3.76. The number of aryl methyl sites for hydroxylation is 1. The van der Waals surface area contributed by atoms with E-state index >= 15 is 0 Å². The van der Waals surface area contributed by atoms with Crippen molar-refractivity contribution in [2.24, 2.45) is 0 Å². The first-order chi connectivity index (χ1) is 14.9. The fourth-order valence-corrected chi connectivity index (χ4v) is 3.97. The zero-order chi connectivity index (χ0) is 22.1. The third-order valence-electron chi connectivity index (χ3n) is 5.65. The lowest BCUT2D eigenvalue weighted by atomic mass is 10.1. The highest BCUT2D eigenvalue weighted by atomic mass is 19.1. The van der Waals surface area contributed by atoms with Gasteiger partial charge in [0.15, 0.2) is 0 Å². The molecule has 8 heteroatoms. The lowest BCUT2D eigenvalue weighted by molar-refractivity contribution is 0.0693. The van der Waals surface area contributed by atoms with E-state index in [9.17, 15) is 23.9 Å². The number of pyridine rings is 1. The largest absolute Gasteiger partial charge is 0.477 e. The molecule has 1 amide bonds. The molecule has 4 rings (SSSR count). The number of piperazine rings is 1. The van der Waals surface area contributed by atoms with Gasteiger partial charge in [-0.05, 0) is 31.2 Å². The van der Waals surface area contributed by atoms with Gasteiger partial charge in [0.2, 0.25) is 5.43 Å². The molecular weight excluding hydrogens is 401 g/mol. The van der Waals surface area contributed by atoms with Crippen molar-refractivity contribution in [3.63, 3.8) is 0 Å². The maximum absolute atomic E-state index is 15.0. The Morgan fingerprint density at radius 2 is 1.74 bits per heavy atom. The summed E-state index contributed by atoms with van der Waals surface area (Å²) in [5, 5.41) is 9.32. The maximum Gasteiger partial charge on any atom is 0.341 e. The smallest absolute Gasteiger partial charge is 0.341 e. The van der Waals surface area contributed by atoms with Crippen molar-refractivity contribution in [1.29, 1.82) is 0 Å². The van der Waals surface area contributed by atoms with Gasteiger partial charge < -0.3 is 19.5 Å². The molecule has 0 radical (unpaired) electrons. The lowest BCUT2D eigenvalue weighted by Gasteiger charge is -2.36. The SMILES string of the molecule is CCn1cc(C(=O)O)c(=O)c2cc(F)c(N3CCN(C(=O)c4ccccc4)CC3)cc21. The second-order valence-electron chi connectivity index (χ2n) is 7.43. The standard InChI is InChI=1S/C23H22FN3O4/c1-2-25-14-17(23(30)31)21(28)16-12-18(24)20(13-19(16)25)26-8-10-27(11-9-26)22(29)15-6-4-3-5-7-15/h3-7,12-14H,2,8-11H2,1H3,(H,30,31). The van der Waals surface area contributed by atoms with Gasteiger partial charge in [0.05, 0.1) is 11.2 Å². The lowest BCUT2D eigenvalue weighted by Crippen LogP contribution is -2.49. The minimum absolute atomic E-state index is 0.0425. The molecule has 1 fully saturated rings. The van der Waals surface area contributed by atoms with E-state index in [1.807, 2.05) is 30.0 Å². The van der Waals surface area contributed by atoms with Crippen LogP contribution in [0.15, 0.2) is 53.5 Å². The first-order valence-corrected chi connectivity index (χ1v) is 10.1. The topological polar surface area (TPSA) is 82.8 Å². The highest BCUT2D eigenvalue weighted by molar-refractivity contribution is 5.95. The van der Waals surface area contributed by atoms with Crippen LogP contribution in [0.4, 0.5) is 10.1 Å². The number of hydrogen-bond donors (Lipinski definition) is 1. The van der Waals surface area contributed by atoms with E-state index in [1.54, 1.807) is 27.7 Å². The van der Waals surface area contributed by atoms with Crippen LogP contribution in [0, 0.1) is 5.82 Å².